The van der Waals surface area contributed by atoms with Crippen molar-refractivity contribution in [2.75, 3.05) is 13.1 Å². The lowest BCUT2D eigenvalue weighted by atomic mass is 10.1. The van der Waals surface area contributed by atoms with Gasteiger partial charge in [0.1, 0.15) is 0 Å². The highest BCUT2D eigenvalue weighted by Crippen LogP contribution is 2.45. The molecule has 2 heterocycles. The Morgan fingerprint density at radius 1 is 1.03 bits per heavy atom. The molecule has 0 radical (unpaired) electrons. The fourth-order valence-electron chi connectivity index (χ4n) is 4.95. The van der Waals surface area contributed by atoms with E-state index in [9.17, 15) is 18.0 Å². The van der Waals surface area contributed by atoms with Gasteiger partial charge in [0.15, 0.2) is 0 Å². The number of pyridine rings is 1. The number of benzene rings is 2. The van der Waals surface area contributed by atoms with E-state index in [1.54, 1.807) is 55.6 Å². The Morgan fingerprint density at radius 3 is 2.29 bits per heavy atom. The molecule has 1 N–H and O–H groups in total. The molecule has 5 rings (SSSR count). The Hall–Kier alpha value is -4.07. The van der Waals surface area contributed by atoms with Crippen LogP contribution in [0.3, 0.4) is 0 Å². The molecule has 0 unspecified atom stereocenters. The maximum atomic E-state index is 13.5. The van der Waals surface area contributed by atoms with Crippen LogP contribution >= 0.6 is 0 Å². The minimum absolute atomic E-state index is 0.0626. The van der Waals surface area contributed by atoms with E-state index in [-0.39, 0.29) is 35.8 Å². The Morgan fingerprint density at radius 2 is 1.71 bits per heavy atom. The first-order chi connectivity index (χ1) is 18.3. The van der Waals surface area contributed by atoms with Crippen molar-refractivity contribution in [2.45, 2.75) is 31.0 Å². The summed E-state index contributed by atoms with van der Waals surface area (Å²) in [5.41, 5.74) is 2.18. The molecular weight excluding hydrogens is 502 g/mol. The van der Waals surface area contributed by atoms with Crippen LogP contribution in [0.1, 0.15) is 34.1 Å². The third kappa shape index (κ3) is 5.30. The summed E-state index contributed by atoms with van der Waals surface area (Å²) in [6.45, 7) is 3.07. The third-order valence-corrected chi connectivity index (χ3v) is 9.00. The second-order valence-corrected chi connectivity index (χ2v) is 11.6. The predicted octanol–water partition coefficient (Wildman–Crippen LogP) is 2.55. The van der Waals surface area contributed by atoms with Crippen molar-refractivity contribution in [3.8, 4) is 6.07 Å². The number of carbonyl (C=O) groups is 2. The van der Waals surface area contributed by atoms with Crippen molar-refractivity contribution in [3.63, 3.8) is 0 Å². The van der Waals surface area contributed by atoms with Gasteiger partial charge in [0.05, 0.1) is 28.8 Å². The Kier molecular flexibility index (Phi) is 6.97. The van der Waals surface area contributed by atoms with Crippen molar-refractivity contribution < 1.29 is 18.0 Å². The van der Waals surface area contributed by atoms with Gasteiger partial charge < -0.3 is 10.2 Å². The first-order valence-electron chi connectivity index (χ1n) is 12.3. The monoisotopic (exact) mass is 529 g/mol. The standard InChI is InChI=1S/C28H27N5O4S/c1-19(34)32-17-25-26(18-32)27(25)31-28(35)22-9-5-21(6-10-22)15-33(16-23-4-2-3-13-30-23)38(36,37)24-11-7-20(14-29)8-12-24/h2-13,25-27H,15-18H2,1H3,(H,31,35)/t25-,26+,27+. The van der Waals surface area contributed by atoms with Gasteiger partial charge in [-0.15, -0.1) is 0 Å². The summed E-state index contributed by atoms with van der Waals surface area (Å²) < 4.78 is 28.4. The lowest BCUT2D eigenvalue weighted by molar-refractivity contribution is -0.128. The lowest BCUT2D eigenvalue weighted by Crippen LogP contribution is -2.36. The molecule has 3 aromatic rings. The van der Waals surface area contributed by atoms with Crippen LogP contribution in [0.15, 0.2) is 77.8 Å². The van der Waals surface area contributed by atoms with Crippen LogP contribution in [0.2, 0.25) is 0 Å². The maximum absolute atomic E-state index is 13.5. The molecule has 2 aromatic carbocycles. The van der Waals surface area contributed by atoms with Crippen LogP contribution in [0, 0.1) is 23.2 Å². The number of rotatable bonds is 8. The molecule has 1 aliphatic heterocycles. The molecule has 1 aliphatic carbocycles. The van der Waals surface area contributed by atoms with Crippen LogP contribution in [-0.4, -0.2) is 53.6 Å². The molecule has 1 saturated heterocycles. The average molecular weight is 530 g/mol. The number of aromatic nitrogens is 1. The largest absolute Gasteiger partial charge is 0.349 e. The molecule has 38 heavy (non-hydrogen) atoms. The van der Waals surface area contributed by atoms with E-state index in [0.717, 1.165) is 5.56 Å². The van der Waals surface area contributed by atoms with E-state index < -0.39 is 10.0 Å². The normalized spacial score (nSPS) is 20.0. The zero-order valence-corrected chi connectivity index (χ0v) is 21.6. The van der Waals surface area contributed by atoms with Gasteiger partial charge in [-0.1, -0.05) is 18.2 Å². The molecule has 3 atom stereocenters. The average Bonchev–Trinajstić information content (AvgIpc) is 3.34. The van der Waals surface area contributed by atoms with E-state index in [2.05, 4.69) is 10.3 Å². The number of piperidine rings is 1. The molecule has 2 fully saturated rings. The van der Waals surface area contributed by atoms with E-state index >= 15 is 0 Å². The summed E-state index contributed by atoms with van der Waals surface area (Å²) >= 11 is 0. The molecule has 2 amide bonds. The number of hydrogen-bond donors (Lipinski definition) is 1. The van der Waals surface area contributed by atoms with Gasteiger partial charge in [-0.3, -0.25) is 14.6 Å². The van der Waals surface area contributed by atoms with Crippen LogP contribution < -0.4 is 5.32 Å². The maximum Gasteiger partial charge on any atom is 0.251 e. The molecule has 10 heteroatoms. The second-order valence-electron chi connectivity index (χ2n) is 9.68. The van der Waals surface area contributed by atoms with E-state index in [1.807, 2.05) is 11.0 Å². The highest BCUT2D eigenvalue weighted by Gasteiger charge is 2.57. The summed E-state index contributed by atoms with van der Waals surface area (Å²) in [4.78, 5) is 30.5. The number of nitrogens with zero attached hydrogens (tertiary/aromatic N) is 4. The van der Waals surface area contributed by atoms with Crippen molar-refractivity contribution in [1.82, 2.24) is 19.5 Å². The quantitative estimate of drug-likeness (QED) is 0.478. The number of carbonyl (C=O) groups excluding carboxylic acids is 2. The molecule has 1 aromatic heterocycles. The Balaban J connectivity index is 1.29. The van der Waals surface area contributed by atoms with Gasteiger partial charge in [0.2, 0.25) is 15.9 Å². The molecule has 194 valence electrons. The fourth-order valence-corrected chi connectivity index (χ4v) is 6.35. The van der Waals surface area contributed by atoms with Gasteiger partial charge in [0, 0.05) is 56.2 Å². The number of hydrogen-bond acceptors (Lipinski definition) is 6. The van der Waals surface area contributed by atoms with Crippen LogP contribution in [0.5, 0.6) is 0 Å². The van der Waals surface area contributed by atoms with E-state index in [0.29, 0.717) is 41.7 Å². The molecule has 0 spiro atoms. The van der Waals surface area contributed by atoms with E-state index in [1.165, 1.54) is 28.6 Å². The highest BCUT2D eigenvalue weighted by molar-refractivity contribution is 7.89. The highest BCUT2D eigenvalue weighted by atomic mass is 32.2. The second kappa shape index (κ2) is 10.4. The Bertz CT molecular complexity index is 1470. The fraction of sp³-hybridized carbons (Fsp3) is 0.286. The molecule has 0 bridgehead atoms. The Labute approximate surface area is 221 Å². The number of likely N-dealkylation sites (tertiary alicyclic amines) is 1. The predicted molar refractivity (Wildman–Crippen MR) is 139 cm³/mol. The smallest absolute Gasteiger partial charge is 0.251 e. The number of amides is 2. The van der Waals surface area contributed by atoms with Crippen molar-refractivity contribution in [3.05, 3.63) is 95.3 Å². The first-order valence-corrected chi connectivity index (χ1v) is 13.8. The van der Waals surface area contributed by atoms with Crippen molar-refractivity contribution in [2.24, 2.45) is 11.8 Å². The minimum Gasteiger partial charge on any atom is -0.349 e. The van der Waals surface area contributed by atoms with Crippen LogP contribution in [0.25, 0.3) is 0 Å². The molecule has 1 saturated carbocycles. The van der Waals surface area contributed by atoms with Crippen LogP contribution in [-0.2, 0) is 27.9 Å². The van der Waals surface area contributed by atoms with Crippen LogP contribution in [0.4, 0.5) is 0 Å². The summed E-state index contributed by atoms with van der Waals surface area (Å²) in [5.74, 6) is 0.515. The van der Waals surface area contributed by atoms with Gasteiger partial charge in [-0.25, -0.2) is 8.42 Å². The number of nitriles is 1. The number of fused-ring (bicyclic) bond motifs is 1. The third-order valence-electron chi connectivity index (χ3n) is 7.20. The summed E-state index contributed by atoms with van der Waals surface area (Å²) in [6.07, 6.45) is 1.61. The van der Waals surface area contributed by atoms with Gasteiger partial charge in [0.25, 0.3) is 5.91 Å². The topological polar surface area (TPSA) is 123 Å². The SMILES string of the molecule is CC(=O)N1C[C@@H]2[C@H](C1)[C@H]2NC(=O)c1ccc(CN(Cc2ccccn2)S(=O)(=O)c2ccc(C#N)cc2)cc1. The molecule has 2 aliphatic rings. The molecular formula is C28H27N5O4S. The lowest BCUT2D eigenvalue weighted by Gasteiger charge is -2.22. The summed E-state index contributed by atoms with van der Waals surface area (Å²) in [6, 6.07) is 20.1. The van der Waals surface area contributed by atoms with Gasteiger partial charge in [-0.05, 0) is 54.1 Å². The minimum atomic E-state index is -3.90. The number of sulfonamides is 1. The van der Waals surface area contributed by atoms with E-state index in [4.69, 9.17) is 5.26 Å². The summed E-state index contributed by atoms with van der Waals surface area (Å²) in [7, 11) is -3.90. The molecule has 9 nitrogen and oxygen atoms in total. The van der Waals surface area contributed by atoms with Gasteiger partial charge in [-0.2, -0.15) is 9.57 Å². The first kappa shape index (κ1) is 25.6. The van der Waals surface area contributed by atoms with Crippen molar-refractivity contribution >= 4 is 21.8 Å². The zero-order valence-electron chi connectivity index (χ0n) is 20.8. The summed E-state index contributed by atoms with van der Waals surface area (Å²) in [5, 5.41) is 12.1. The zero-order chi connectivity index (χ0) is 26.9. The number of nitrogens with one attached hydrogen (secondary N) is 1. The van der Waals surface area contributed by atoms with Gasteiger partial charge >= 0.3 is 0 Å². The van der Waals surface area contributed by atoms with Crippen molar-refractivity contribution in [1.29, 1.82) is 5.26 Å².